The lowest BCUT2D eigenvalue weighted by atomic mass is 9.90. The van der Waals surface area contributed by atoms with Gasteiger partial charge >= 0.3 is 0 Å². The Balaban J connectivity index is 1.66. The van der Waals surface area contributed by atoms with Gasteiger partial charge in [-0.15, -0.1) is 0 Å². The Hall–Kier alpha value is -2.41. The minimum atomic E-state index is -0.196. The number of hydrogen-bond acceptors (Lipinski definition) is 4. The summed E-state index contributed by atoms with van der Waals surface area (Å²) in [6.45, 7) is 6.82. The number of pyridine rings is 1. The number of fused-ring (bicyclic) bond motifs is 1. The van der Waals surface area contributed by atoms with Gasteiger partial charge < -0.3 is 15.2 Å². The van der Waals surface area contributed by atoms with Crippen molar-refractivity contribution in [2.45, 2.75) is 39.2 Å². The van der Waals surface area contributed by atoms with Crippen molar-refractivity contribution in [1.82, 2.24) is 25.1 Å². The highest BCUT2D eigenvalue weighted by atomic mass is 16.2. The molecule has 3 heterocycles. The fourth-order valence-corrected chi connectivity index (χ4v) is 4.10. The molecule has 0 radical (unpaired) electrons. The topological polar surface area (TPSA) is 81.3 Å². The summed E-state index contributed by atoms with van der Waals surface area (Å²) in [6, 6.07) is 3.73. The standard InChI is InChI=1S/C21H31N5O2/c1-4-11-25(3)14-19(27)26-12-5-6-15(2)18(26)13-24-21(28)20-16-7-9-22-17(16)8-10-23-20/h7-10,15,18,22H,4-6,11-14H2,1-3H3,(H,24,28). The molecule has 1 saturated heterocycles. The predicted molar refractivity (Wildman–Crippen MR) is 110 cm³/mol. The van der Waals surface area contributed by atoms with E-state index < -0.39 is 0 Å². The van der Waals surface area contributed by atoms with Crippen LogP contribution >= 0.6 is 0 Å². The first-order valence-electron chi connectivity index (χ1n) is 10.2. The fraction of sp³-hybridized carbons (Fsp3) is 0.571. The number of hydrogen-bond donors (Lipinski definition) is 2. The molecule has 28 heavy (non-hydrogen) atoms. The van der Waals surface area contributed by atoms with E-state index in [1.807, 2.05) is 24.1 Å². The van der Waals surface area contributed by atoms with Gasteiger partial charge in [0.2, 0.25) is 5.91 Å². The second-order valence-electron chi connectivity index (χ2n) is 7.82. The van der Waals surface area contributed by atoms with Crippen molar-refractivity contribution in [3.05, 3.63) is 30.2 Å². The zero-order valence-corrected chi connectivity index (χ0v) is 17.1. The summed E-state index contributed by atoms with van der Waals surface area (Å²) in [5.74, 6) is 0.302. The fourth-order valence-electron chi connectivity index (χ4n) is 4.10. The van der Waals surface area contributed by atoms with Crippen LogP contribution in [-0.4, -0.2) is 70.9 Å². The van der Waals surface area contributed by atoms with Crippen LogP contribution in [0.15, 0.2) is 24.5 Å². The van der Waals surface area contributed by atoms with E-state index in [0.29, 0.717) is 24.7 Å². The van der Waals surface area contributed by atoms with Gasteiger partial charge in [-0.25, -0.2) is 0 Å². The van der Waals surface area contributed by atoms with Crippen LogP contribution in [0.2, 0.25) is 0 Å². The highest BCUT2D eigenvalue weighted by molar-refractivity contribution is 6.04. The molecule has 2 N–H and O–H groups in total. The smallest absolute Gasteiger partial charge is 0.270 e. The van der Waals surface area contributed by atoms with Crippen LogP contribution in [-0.2, 0) is 4.79 Å². The van der Waals surface area contributed by atoms with E-state index >= 15 is 0 Å². The maximum absolute atomic E-state index is 12.8. The van der Waals surface area contributed by atoms with E-state index in [9.17, 15) is 9.59 Å². The van der Waals surface area contributed by atoms with Crippen LogP contribution < -0.4 is 5.32 Å². The Bertz CT molecular complexity index is 818. The molecule has 2 atom stereocenters. The first-order chi connectivity index (χ1) is 13.5. The Kier molecular flexibility index (Phi) is 6.67. The molecule has 0 saturated carbocycles. The number of likely N-dealkylation sites (tertiary alicyclic amines) is 1. The average molecular weight is 386 g/mol. The number of carbonyl (C=O) groups excluding carboxylic acids is 2. The van der Waals surface area contributed by atoms with Crippen molar-refractivity contribution in [2.75, 3.05) is 33.2 Å². The van der Waals surface area contributed by atoms with E-state index in [-0.39, 0.29) is 17.9 Å². The van der Waals surface area contributed by atoms with Crippen LogP contribution in [0.25, 0.3) is 10.9 Å². The maximum atomic E-state index is 12.8. The minimum Gasteiger partial charge on any atom is -0.361 e. The molecule has 2 aromatic rings. The molecule has 1 aliphatic heterocycles. The lowest BCUT2D eigenvalue weighted by Gasteiger charge is -2.40. The van der Waals surface area contributed by atoms with Gasteiger partial charge in [0.15, 0.2) is 0 Å². The lowest BCUT2D eigenvalue weighted by Crippen LogP contribution is -2.55. The molecule has 3 rings (SSSR count). The van der Waals surface area contributed by atoms with Crippen molar-refractivity contribution in [1.29, 1.82) is 0 Å². The van der Waals surface area contributed by atoms with Crippen molar-refractivity contribution >= 4 is 22.7 Å². The predicted octanol–water partition coefficient (Wildman–Crippen LogP) is 2.26. The number of carbonyl (C=O) groups is 2. The number of aromatic nitrogens is 2. The normalized spacial score (nSPS) is 19.9. The van der Waals surface area contributed by atoms with Crippen LogP contribution in [0.4, 0.5) is 0 Å². The molecule has 0 spiro atoms. The Morgan fingerprint density at radius 3 is 3.00 bits per heavy atom. The molecule has 0 aliphatic carbocycles. The molecule has 1 fully saturated rings. The summed E-state index contributed by atoms with van der Waals surface area (Å²) in [5, 5.41) is 3.83. The second kappa shape index (κ2) is 9.19. The van der Waals surface area contributed by atoms with Gasteiger partial charge in [0.1, 0.15) is 5.69 Å². The Labute approximate surface area is 166 Å². The van der Waals surface area contributed by atoms with Gasteiger partial charge in [-0.3, -0.25) is 19.5 Å². The van der Waals surface area contributed by atoms with Crippen LogP contribution in [0.5, 0.6) is 0 Å². The van der Waals surface area contributed by atoms with E-state index in [4.69, 9.17) is 0 Å². The zero-order valence-electron chi connectivity index (χ0n) is 17.1. The molecular formula is C21H31N5O2. The first-order valence-corrected chi connectivity index (χ1v) is 10.2. The summed E-state index contributed by atoms with van der Waals surface area (Å²) in [4.78, 5) is 37.0. The van der Waals surface area contributed by atoms with E-state index in [1.165, 1.54) is 0 Å². The summed E-state index contributed by atoms with van der Waals surface area (Å²) in [7, 11) is 1.98. The molecule has 0 bridgehead atoms. The zero-order chi connectivity index (χ0) is 20.1. The average Bonchev–Trinajstić information content (AvgIpc) is 3.15. The van der Waals surface area contributed by atoms with Crippen molar-refractivity contribution < 1.29 is 9.59 Å². The molecule has 2 unspecified atom stereocenters. The third-order valence-electron chi connectivity index (χ3n) is 5.61. The van der Waals surface area contributed by atoms with E-state index in [0.717, 1.165) is 43.3 Å². The number of nitrogens with one attached hydrogen (secondary N) is 2. The second-order valence-corrected chi connectivity index (χ2v) is 7.82. The largest absolute Gasteiger partial charge is 0.361 e. The van der Waals surface area contributed by atoms with E-state index in [1.54, 1.807) is 12.4 Å². The number of amides is 2. The van der Waals surface area contributed by atoms with Crippen LogP contribution in [0, 0.1) is 5.92 Å². The molecular weight excluding hydrogens is 354 g/mol. The molecule has 0 aromatic carbocycles. The highest BCUT2D eigenvalue weighted by Gasteiger charge is 2.32. The SMILES string of the molecule is CCCN(C)CC(=O)N1CCCC(C)C1CNC(=O)c1nccc2[nH]ccc12. The summed E-state index contributed by atoms with van der Waals surface area (Å²) in [6.07, 6.45) is 6.55. The number of nitrogens with zero attached hydrogens (tertiary/aromatic N) is 3. The Morgan fingerprint density at radius 2 is 2.21 bits per heavy atom. The van der Waals surface area contributed by atoms with Gasteiger partial charge in [-0.1, -0.05) is 13.8 Å². The van der Waals surface area contributed by atoms with Gasteiger partial charge in [-0.2, -0.15) is 0 Å². The van der Waals surface area contributed by atoms with Gasteiger partial charge in [0, 0.05) is 36.4 Å². The third-order valence-corrected chi connectivity index (χ3v) is 5.61. The summed E-state index contributed by atoms with van der Waals surface area (Å²) < 4.78 is 0. The van der Waals surface area contributed by atoms with Crippen LogP contribution in [0.3, 0.4) is 0 Å². The number of aromatic amines is 1. The highest BCUT2D eigenvalue weighted by Crippen LogP contribution is 2.23. The quantitative estimate of drug-likeness (QED) is 0.766. The first kappa shape index (κ1) is 20.3. The molecule has 1 aliphatic rings. The van der Waals surface area contributed by atoms with E-state index in [2.05, 4.69) is 34.0 Å². The summed E-state index contributed by atoms with van der Waals surface area (Å²) >= 11 is 0. The van der Waals surface area contributed by atoms with Gasteiger partial charge in [0.25, 0.3) is 5.91 Å². The molecule has 2 aromatic heterocycles. The number of piperidine rings is 1. The third kappa shape index (κ3) is 4.52. The van der Waals surface area contributed by atoms with Crippen molar-refractivity contribution in [2.24, 2.45) is 5.92 Å². The van der Waals surface area contributed by atoms with Crippen LogP contribution in [0.1, 0.15) is 43.6 Å². The molecule has 7 nitrogen and oxygen atoms in total. The Morgan fingerprint density at radius 1 is 1.39 bits per heavy atom. The maximum Gasteiger partial charge on any atom is 0.270 e. The summed E-state index contributed by atoms with van der Waals surface area (Å²) in [5.41, 5.74) is 1.31. The molecule has 7 heteroatoms. The van der Waals surface area contributed by atoms with Gasteiger partial charge in [-0.05, 0) is 50.9 Å². The molecule has 2 amide bonds. The minimum absolute atomic E-state index is 0.0191. The number of H-pyrrole nitrogens is 1. The number of rotatable bonds is 7. The van der Waals surface area contributed by atoms with Gasteiger partial charge in [0.05, 0.1) is 12.6 Å². The lowest BCUT2D eigenvalue weighted by molar-refractivity contribution is -0.137. The monoisotopic (exact) mass is 385 g/mol. The molecule has 152 valence electrons. The van der Waals surface area contributed by atoms with Crippen molar-refractivity contribution in [3.8, 4) is 0 Å². The number of likely N-dealkylation sites (N-methyl/N-ethyl adjacent to an activating group) is 1. The van der Waals surface area contributed by atoms with Crippen molar-refractivity contribution in [3.63, 3.8) is 0 Å².